The second-order valence-electron chi connectivity index (χ2n) is 2.94. The van der Waals surface area contributed by atoms with E-state index in [0.29, 0.717) is 5.56 Å². The Morgan fingerprint density at radius 1 is 1.43 bits per heavy atom. The number of nitrogens with zero attached hydrogens (tertiary/aromatic N) is 1. The molecule has 1 aromatic carbocycles. The summed E-state index contributed by atoms with van der Waals surface area (Å²) in [4.78, 5) is 11.8. The first kappa shape index (κ1) is 10.4. The number of carbonyl (C=O) groups is 1. The average molecular weight is 200 g/mol. The predicted molar refractivity (Wildman–Crippen MR) is 47.4 cm³/mol. The third kappa shape index (κ3) is 2.42. The monoisotopic (exact) mass is 200 g/mol. The van der Waals surface area contributed by atoms with E-state index in [4.69, 9.17) is 5.73 Å². The molecular formula is C9H10F2N2O. The van der Waals surface area contributed by atoms with Crippen molar-refractivity contribution in [3.63, 3.8) is 0 Å². The molecule has 76 valence electrons. The molecule has 3 nitrogen and oxygen atoms in total. The molecular weight excluding hydrogens is 190 g/mol. The molecule has 0 saturated carbocycles. The normalized spacial score (nSPS) is 9.93. The summed E-state index contributed by atoms with van der Waals surface area (Å²) in [6, 6.07) is 2.83. The SMILES string of the molecule is CN(Cc1ccc(F)c(F)c1)C(N)=O. The van der Waals surface area contributed by atoms with E-state index in [1.807, 2.05) is 0 Å². The van der Waals surface area contributed by atoms with Crippen molar-refractivity contribution in [1.82, 2.24) is 4.90 Å². The zero-order chi connectivity index (χ0) is 10.7. The summed E-state index contributed by atoms with van der Waals surface area (Å²) in [6.07, 6.45) is 0. The number of amides is 2. The van der Waals surface area contributed by atoms with Gasteiger partial charge in [0.1, 0.15) is 0 Å². The predicted octanol–water partition coefficient (Wildman–Crippen LogP) is 1.48. The number of halogens is 2. The summed E-state index contributed by atoms with van der Waals surface area (Å²) in [6.45, 7) is 0.159. The molecule has 0 heterocycles. The van der Waals surface area contributed by atoms with Crippen molar-refractivity contribution in [1.29, 1.82) is 0 Å². The van der Waals surface area contributed by atoms with Crippen molar-refractivity contribution < 1.29 is 13.6 Å². The maximum absolute atomic E-state index is 12.7. The maximum atomic E-state index is 12.7. The van der Waals surface area contributed by atoms with Gasteiger partial charge < -0.3 is 10.6 Å². The van der Waals surface area contributed by atoms with Crippen molar-refractivity contribution in [3.05, 3.63) is 35.4 Å². The molecule has 0 aliphatic rings. The molecule has 0 spiro atoms. The molecule has 5 heteroatoms. The van der Waals surface area contributed by atoms with E-state index in [1.165, 1.54) is 18.0 Å². The number of hydrogen-bond acceptors (Lipinski definition) is 1. The van der Waals surface area contributed by atoms with Crippen LogP contribution in [0.25, 0.3) is 0 Å². The Morgan fingerprint density at radius 2 is 2.07 bits per heavy atom. The minimum atomic E-state index is -0.930. The van der Waals surface area contributed by atoms with Gasteiger partial charge >= 0.3 is 6.03 Å². The van der Waals surface area contributed by atoms with Gasteiger partial charge in [-0.05, 0) is 17.7 Å². The molecule has 1 rings (SSSR count). The number of carbonyl (C=O) groups excluding carboxylic acids is 1. The third-order valence-electron chi connectivity index (χ3n) is 1.78. The summed E-state index contributed by atoms with van der Waals surface area (Å²) < 4.78 is 25.2. The molecule has 0 aliphatic carbocycles. The lowest BCUT2D eigenvalue weighted by Crippen LogP contribution is -2.31. The standard InChI is InChI=1S/C9H10F2N2O/c1-13(9(12)14)5-6-2-3-7(10)8(11)4-6/h2-4H,5H2,1H3,(H2,12,14). The highest BCUT2D eigenvalue weighted by Gasteiger charge is 2.06. The summed E-state index contributed by atoms with van der Waals surface area (Å²) in [5.74, 6) is -1.84. The second-order valence-corrected chi connectivity index (χ2v) is 2.94. The van der Waals surface area contributed by atoms with Crippen LogP contribution < -0.4 is 5.73 Å². The van der Waals surface area contributed by atoms with E-state index in [2.05, 4.69) is 0 Å². The van der Waals surface area contributed by atoms with E-state index in [9.17, 15) is 13.6 Å². The van der Waals surface area contributed by atoms with Gasteiger partial charge in [0.05, 0.1) is 0 Å². The first-order valence-electron chi connectivity index (χ1n) is 3.95. The van der Waals surface area contributed by atoms with E-state index >= 15 is 0 Å². The van der Waals surface area contributed by atoms with Gasteiger partial charge in [-0.15, -0.1) is 0 Å². The van der Waals surface area contributed by atoms with Crippen LogP contribution in [0.3, 0.4) is 0 Å². The molecule has 0 aromatic heterocycles. The van der Waals surface area contributed by atoms with Gasteiger partial charge in [-0.1, -0.05) is 6.07 Å². The second kappa shape index (κ2) is 4.04. The van der Waals surface area contributed by atoms with Crippen LogP contribution in [-0.2, 0) is 6.54 Å². The molecule has 0 fully saturated rings. The van der Waals surface area contributed by atoms with E-state index in [-0.39, 0.29) is 6.54 Å². The number of nitrogens with two attached hydrogens (primary N) is 1. The fourth-order valence-corrected chi connectivity index (χ4v) is 0.990. The average Bonchev–Trinajstić information content (AvgIpc) is 2.11. The van der Waals surface area contributed by atoms with Crippen LogP contribution in [0.2, 0.25) is 0 Å². The van der Waals surface area contributed by atoms with Crippen molar-refractivity contribution >= 4 is 6.03 Å². The number of hydrogen-bond donors (Lipinski definition) is 1. The molecule has 0 aliphatic heterocycles. The Kier molecular flexibility index (Phi) is 3.01. The first-order chi connectivity index (χ1) is 6.50. The van der Waals surface area contributed by atoms with Crippen LogP contribution in [0.4, 0.5) is 13.6 Å². The van der Waals surface area contributed by atoms with Crippen molar-refractivity contribution in [3.8, 4) is 0 Å². The van der Waals surface area contributed by atoms with Crippen LogP contribution >= 0.6 is 0 Å². The molecule has 0 saturated heterocycles. The smallest absolute Gasteiger partial charge is 0.314 e. The van der Waals surface area contributed by atoms with E-state index in [1.54, 1.807) is 0 Å². The molecule has 0 atom stereocenters. The summed E-state index contributed by atoms with van der Waals surface area (Å²) in [7, 11) is 1.48. The fraction of sp³-hybridized carbons (Fsp3) is 0.222. The minimum absolute atomic E-state index is 0.159. The zero-order valence-corrected chi connectivity index (χ0v) is 7.63. The summed E-state index contributed by atoms with van der Waals surface area (Å²) in [5.41, 5.74) is 5.46. The molecule has 2 N–H and O–H groups in total. The van der Waals surface area contributed by atoms with Crippen LogP contribution in [0.15, 0.2) is 18.2 Å². The van der Waals surface area contributed by atoms with Gasteiger partial charge in [0.15, 0.2) is 11.6 Å². The lowest BCUT2D eigenvalue weighted by Gasteiger charge is -2.13. The minimum Gasteiger partial charge on any atom is -0.351 e. The number of rotatable bonds is 2. The largest absolute Gasteiger partial charge is 0.351 e. The lowest BCUT2D eigenvalue weighted by atomic mass is 10.2. The van der Waals surface area contributed by atoms with Crippen molar-refractivity contribution in [2.45, 2.75) is 6.54 Å². The number of urea groups is 1. The highest BCUT2D eigenvalue weighted by atomic mass is 19.2. The van der Waals surface area contributed by atoms with Gasteiger partial charge in [0.25, 0.3) is 0 Å². The molecule has 0 radical (unpaired) electrons. The topological polar surface area (TPSA) is 46.3 Å². The van der Waals surface area contributed by atoms with Crippen LogP contribution in [-0.4, -0.2) is 18.0 Å². The maximum Gasteiger partial charge on any atom is 0.314 e. The van der Waals surface area contributed by atoms with Gasteiger partial charge in [0, 0.05) is 13.6 Å². The first-order valence-corrected chi connectivity index (χ1v) is 3.95. The van der Waals surface area contributed by atoms with Gasteiger partial charge in [-0.2, -0.15) is 0 Å². The molecule has 0 unspecified atom stereocenters. The van der Waals surface area contributed by atoms with Gasteiger partial charge in [0.2, 0.25) is 0 Å². The lowest BCUT2D eigenvalue weighted by molar-refractivity contribution is 0.216. The number of primary amides is 1. The Hall–Kier alpha value is -1.65. The molecule has 0 bridgehead atoms. The molecule has 2 amide bonds. The Morgan fingerprint density at radius 3 is 2.57 bits per heavy atom. The number of benzene rings is 1. The van der Waals surface area contributed by atoms with Crippen LogP contribution in [0.1, 0.15) is 5.56 Å². The van der Waals surface area contributed by atoms with Crippen molar-refractivity contribution in [2.24, 2.45) is 5.73 Å². The Balaban J connectivity index is 2.78. The summed E-state index contributed by atoms with van der Waals surface area (Å²) >= 11 is 0. The van der Waals surface area contributed by atoms with E-state index < -0.39 is 17.7 Å². The van der Waals surface area contributed by atoms with E-state index in [0.717, 1.165) is 12.1 Å². The Labute approximate surface area is 80.1 Å². The quantitative estimate of drug-likeness (QED) is 0.772. The van der Waals surface area contributed by atoms with Crippen molar-refractivity contribution in [2.75, 3.05) is 7.05 Å². The Bertz CT molecular complexity index is 355. The highest BCUT2D eigenvalue weighted by Crippen LogP contribution is 2.10. The van der Waals surface area contributed by atoms with Gasteiger partial charge in [-0.3, -0.25) is 0 Å². The van der Waals surface area contributed by atoms with Crippen LogP contribution in [0, 0.1) is 11.6 Å². The highest BCUT2D eigenvalue weighted by molar-refractivity contribution is 5.71. The zero-order valence-electron chi connectivity index (χ0n) is 7.63. The molecule has 14 heavy (non-hydrogen) atoms. The summed E-state index contributed by atoms with van der Waals surface area (Å²) in [5, 5.41) is 0. The van der Waals surface area contributed by atoms with Crippen LogP contribution in [0.5, 0.6) is 0 Å². The van der Waals surface area contributed by atoms with Gasteiger partial charge in [-0.25, -0.2) is 13.6 Å². The fourth-order valence-electron chi connectivity index (χ4n) is 0.990. The molecule has 1 aromatic rings. The third-order valence-corrected chi connectivity index (χ3v) is 1.78.